The molecular weight excluding hydrogens is 336 g/mol. The molecule has 122 valence electrons. The van der Waals surface area contributed by atoms with E-state index in [9.17, 15) is 13.5 Å². The van der Waals surface area contributed by atoms with Crippen molar-refractivity contribution in [1.29, 1.82) is 0 Å². The Morgan fingerprint density at radius 1 is 1.17 bits per heavy atom. The first-order valence-electron chi connectivity index (χ1n) is 6.93. The van der Waals surface area contributed by atoms with Crippen LogP contribution in [0.3, 0.4) is 0 Å². The molecule has 0 fully saturated rings. The van der Waals surface area contributed by atoms with Crippen molar-refractivity contribution in [2.45, 2.75) is 24.7 Å². The summed E-state index contributed by atoms with van der Waals surface area (Å²) >= 11 is 5.81. The van der Waals surface area contributed by atoms with Crippen LogP contribution in [0.15, 0.2) is 52.5 Å². The molecule has 5 nitrogen and oxygen atoms in total. The summed E-state index contributed by atoms with van der Waals surface area (Å²) in [6.07, 6.45) is 1.20. The number of nitrogens with one attached hydrogen (secondary N) is 1. The number of sulfonamides is 1. The maximum atomic E-state index is 12.1. The van der Waals surface area contributed by atoms with Crippen LogP contribution in [0.4, 0.5) is 0 Å². The fraction of sp³-hybridized carbons (Fsp3) is 0.188. The molecule has 0 aliphatic heterocycles. The molecule has 2 N–H and O–H groups in total. The fourth-order valence-electron chi connectivity index (χ4n) is 1.88. The highest BCUT2D eigenvalue weighted by Gasteiger charge is 2.13. The zero-order chi connectivity index (χ0) is 17.0. The van der Waals surface area contributed by atoms with Gasteiger partial charge < -0.3 is 5.11 Å². The number of benzene rings is 2. The van der Waals surface area contributed by atoms with Gasteiger partial charge in [0.2, 0.25) is 0 Å². The van der Waals surface area contributed by atoms with Crippen LogP contribution in [0.2, 0.25) is 5.02 Å². The minimum atomic E-state index is -3.76. The van der Waals surface area contributed by atoms with E-state index >= 15 is 0 Å². The number of aromatic hydroxyl groups is 1. The van der Waals surface area contributed by atoms with Crippen LogP contribution < -0.4 is 4.83 Å². The molecule has 2 aromatic carbocycles. The molecule has 2 rings (SSSR count). The third-order valence-electron chi connectivity index (χ3n) is 3.22. The summed E-state index contributed by atoms with van der Waals surface area (Å²) in [5, 5.41) is 13.7. The molecule has 0 saturated carbocycles. The molecule has 0 atom stereocenters. The summed E-state index contributed by atoms with van der Waals surface area (Å²) in [6.45, 7) is 4.06. The molecule has 0 heterocycles. The third kappa shape index (κ3) is 4.46. The number of phenols is 1. The van der Waals surface area contributed by atoms with Crippen LogP contribution in [-0.2, 0) is 10.0 Å². The maximum absolute atomic E-state index is 12.1. The summed E-state index contributed by atoms with van der Waals surface area (Å²) in [6, 6.07) is 11.0. The van der Waals surface area contributed by atoms with E-state index in [0.717, 1.165) is 5.56 Å². The molecule has 0 aliphatic rings. The first-order chi connectivity index (χ1) is 10.8. The van der Waals surface area contributed by atoms with E-state index < -0.39 is 10.0 Å². The van der Waals surface area contributed by atoms with Crippen molar-refractivity contribution in [1.82, 2.24) is 4.83 Å². The van der Waals surface area contributed by atoms with Gasteiger partial charge in [-0.1, -0.05) is 37.6 Å². The van der Waals surface area contributed by atoms with Gasteiger partial charge in [-0.2, -0.15) is 13.5 Å². The second-order valence-corrected chi connectivity index (χ2v) is 7.38. The fourth-order valence-corrected chi connectivity index (χ4v) is 2.85. The highest BCUT2D eigenvalue weighted by Crippen LogP contribution is 2.20. The Hall–Kier alpha value is -2.05. The molecule has 0 bridgehead atoms. The Morgan fingerprint density at radius 2 is 1.83 bits per heavy atom. The predicted octanol–water partition coefficient (Wildman–Crippen LogP) is 3.48. The average molecular weight is 353 g/mol. The normalized spacial score (nSPS) is 12.0. The minimum absolute atomic E-state index is 0.0429. The first kappa shape index (κ1) is 17.3. The number of hydrogen-bond donors (Lipinski definition) is 2. The molecule has 0 spiro atoms. The van der Waals surface area contributed by atoms with Gasteiger partial charge in [0.1, 0.15) is 5.75 Å². The topological polar surface area (TPSA) is 78.8 Å². The number of nitrogens with zero attached hydrogens (tertiary/aromatic N) is 1. The van der Waals surface area contributed by atoms with E-state index in [-0.39, 0.29) is 10.6 Å². The summed E-state index contributed by atoms with van der Waals surface area (Å²) in [4.78, 5) is 2.23. The lowest BCUT2D eigenvalue weighted by Gasteiger charge is -2.07. The Balaban J connectivity index is 2.15. The Morgan fingerprint density at radius 3 is 2.43 bits per heavy atom. The van der Waals surface area contributed by atoms with Crippen LogP contribution in [0.25, 0.3) is 0 Å². The number of hydrazone groups is 1. The zero-order valence-electron chi connectivity index (χ0n) is 12.7. The molecular formula is C16H17ClN2O3S. The smallest absolute Gasteiger partial charge is 0.276 e. The van der Waals surface area contributed by atoms with Crippen molar-refractivity contribution in [2.24, 2.45) is 5.10 Å². The quantitative estimate of drug-likeness (QED) is 0.638. The lowest BCUT2D eigenvalue weighted by atomic mass is 10.0. The van der Waals surface area contributed by atoms with Crippen molar-refractivity contribution >= 4 is 27.8 Å². The highest BCUT2D eigenvalue weighted by molar-refractivity contribution is 7.89. The molecule has 0 amide bonds. The third-order valence-corrected chi connectivity index (χ3v) is 4.70. The van der Waals surface area contributed by atoms with Crippen molar-refractivity contribution < 1.29 is 13.5 Å². The van der Waals surface area contributed by atoms with Gasteiger partial charge in [-0.05, 0) is 41.8 Å². The molecule has 0 saturated heterocycles. The van der Waals surface area contributed by atoms with Gasteiger partial charge in [0.05, 0.1) is 11.1 Å². The van der Waals surface area contributed by atoms with Gasteiger partial charge in [-0.15, -0.1) is 0 Å². The molecule has 23 heavy (non-hydrogen) atoms. The number of rotatable bonds is 5. The van der Waals surface area contributed by atoms with Crippen molar-refractivity contribution in [3.8, 4) is 5.75 Å². The summed E-state index contributed by atoms with van der Waals surface area (Å²) < 4.78 is 24.3. The molecule has 7 heteroatoms. The van der Waals surface area contributed by atoms with Gasteiger partial charge in [0.15, 0.2) is 0 Å². The lowest BCUT2D eigenvalue weighted by Crippen LogP contribution is -2.18. The summed E-state index contributed by atoms with van der Waals surface area (Å²) in [5.41, 5.74) is 1.37. The first-order valence-corrected chi connectivity index (χ1v) is 8.79. The second kappa shape index (κ2) is 7.02. The second-order valence-electron chi connectivity index (χ2n) is 5.28. The minimum Gasteiger partial charge on any atom is -0.507 e. The number of phenolic OH excluding ortho intramolecular Hbond substituents is 1. The largest absolute Gasteiger partial charge is 0.507 e. The standard InChI is InChI=1S/C16H17ClN2O3S/c1-11(2)12-3-6-15(7-4-12)23(21,22)19-18-10-13-9-14(17)5-8-16(13)20/h3-11,19-20H,1-2H3. The SMILES string of the molecule is CC(C)c1ccc(S(=O)(=O)NN=Cc2cc(Cl)ccc2O)cc1. The summed E-state index contributed by atoms with van der Waals surface area (Å²) in [7, 11) is -3.76. The molecule has 0 aliphatic carbocycles. The zero-order valence-corrected chi connectivity index (χ0v) is 14.3. The van der Waals surface area contributed by atoms with Gasteiger partial charge >= 0.3 is 0 Å². The van der Waals surface area contributed by atoms with Crippen LogP contribution in [0.1, 0.15) is 30.9 Å². The van der Waals surface area contributed by atoms with Crippen LogP contribution >= 0.6 is 11.6 Å². The number of halogens is 1. The van der Waals surface area contributed by atoms with Gasteiger partial charge in [0.25, 0.3) is 10.0 Å². The van der Waals surface area contributed by atoms with Gasteiger partial charge in [-0.25, -0.2) is 4.83 Å². The molecule has 0 radical (unpaired) electrons. The lowest BCUT2D eigenvalue weighted by molar-refractivity contribution is 0.474. The van der Waals surface area contributed by atoms with Gasteiger partial charge in [0, 0.05) is 10.6 Å². The molecule has 2 aromatic rings. The highest BCUT2D eigenvalue weighted by atomic mass is 35.5. The average Bonchev–Trinajstić information content (AvgIpc) is 2.50. The van der Waals surface area contributed by atoms with E-state index in [1.807, 2.05) is 13.8 Å². The van der Waals surface area contributed by atoms with Crippen LogP contribution in [-0.4, -0.2) is 19.7 Å². The van der Waals surface area contributed by atoms with Crippen LogP contribution in [0.5, 0.6) is 5.75 Å². The molecule has 0 unspecified atom stereocenters. The Bertz CT molecular complexity index is 816. The maximum Gasteiger partial charge on any atom is 0.276 e. The van der Waals surface area contributed by atoms with Crippen molar-refractivity contribution in [3.63, 3.8) is 0 Å². The predicted molar refractivity (Wildman–Crippen MR) is 91.6 cm³/mol. The molecule has 0 aromatic heterocycles. The van der Waals surface area contributed by atoms with E-state index in [4.69, 9.17) is 11.6 Å². The van der Waals surface area contributed by atoms with Crippen molar-refractivity contribution in [2.75, 3.05) is 0 Å². The van der Waals surface area contributed by atoms with E-state index in [1.54, 1.807) is 12.1 Å². The Labute approximate surface area is 140 Å². The Kier molecular flexibility index (Phi) is 5.28. The number of hydrogen-bond acceptors (Lipinski definition) is 4. The van der Waals surface area contributed by atoms with E-state index in [0.29, 0.717) is 16.5 Å². The summed E-state index contributed by atoms with van der Waals surface area (Å²) in [5.74, 6) is 0.280. The van der Waals surface area contributed by atoms with Crippen LogP contribution in [0, 0.1) is 0 Å². The monoisotopic (exact) mass is 352 g/mol. The van der Waals surface area contributed by atoms with E-state index in [2.05, 4.69) is 9.93 Å². The van der Waals surface area contributed by atoms with E-state index in [1.165, 1.54) is 36.5 Å². The van der Waals surface area contributed by atoms with Gasteiger partial charge in [-0.3, -0.25) is 0 Å². The van der Waals surface area contributed by atoms with Crippen molar-refractivity contribution in [3.05, 3.63) is 58.6 Å².